The molecule has 2 rings (SSSR count). The number of carbonyl (C=O) groups excluding carboxylic acids is 3. The number of hydrogen-bond acceptors (Lipinski definition) is 3. The molecule has 6 heteroatoms. The average Bonchev–Trinajstić information content (AvgIpc) is 2.86. The van der Waals surface area contributed by atoms with Gasteiger partial charge in [-0.25, -0.2) is 0 Å². The maximum absolute atomic E-state index is 11.9. The predicted molar refractivity (Wildman–Crippen MR) is 76.5 cm³/mol. The minimum absolute atomic E-state index is 0.0409. The number of nitrogens with one attached hydrogen (secondary N) is 2. The molecule has 1 atom stereocenters. The molecule has 1 heterocycles. The van der Waals surface area contributed by atoms with E-state index in [2.05, 4.69) is 10.9 Å². The van der Waals surface area contributed by atoms with Crippen LogP contribution in [-0.4, -0.2) is 29.2 Å². The molecule has 3 amide bonds. The van der Waals surface area contributed by atoms with E-state index >= 15 is 0 Å². The first-order valence-corrected chi connectivity index (χ1v) is 7.00. The van der Waals surface area contributed by atoms with E-state index in [1.165, 1.54) is 0 Å². The molecule has 1 aliphatic heterocycles. The van der Waals surface area contributed by atoms with Crippen LogP contribution in [0.25, 0.3) is 0 Å². The Morgan fingerprint density at radius 3 is 2.62 bits per heavy atom. The van der Waals surface area contributed by atoms with Crippen molar-refractivity contribution in [1.82, 2.24) is 15.8 Å². The van der Waals surface area contributed by atoms with Crippen molar-refractivity contribution in [3.63, 3.8) is 0 Å². The van der Waals surface area contributed by atoms with E-state index in [9.17, 15) is 14.4 Å². The summed E-state index contributed by atoms with van der Waals surface area (Å²) in [6.07, 6.45) is 0.477. The fraction of sp³-hybridized carbons (Fsp3) is 0.400. The van der Waals surface area contributed by atoms with Gasteiger partial charge in [-0.15, -0.1) is 0 Å². The Labute approximate surface area is 123 Å². The lowest BCUT2D eigenvalue weighted by Gasteiger charge is -2.16. The van der Waals surface area contributed by atoms with Crippen LogP contribution in [0.5, 0.6) is 0 Å². The summed E-state index contributed by atoms with van der Waals surface area (Å²) in [5, 5.41) is 0. The van der Waals surface area contributed by atoms with Gasteiger partial charge in [0.25, 0.3) is 0 Å². The third kappa shape index (κ3) is 4.05. The zero-order valence-electron chi connectivity index (χ0n) is 12.0. The van der Waals surface area contributed by atoms with Gasteiger partial charge < -0.3 is 4.90 Å². The van der Waals surface area contributed by atoms with E-state index in [1.807, 2.05) is 30.3 Å². The van der Waals surface area contributed by atoms with Gasteiger partial charge >= 0.3 is 0 Å². The second-order valence-electron chi connectivity index (χ2n) is 5.05. The van der Waals surface area contributed by atoms with Crippen molar-refractivity contribution in [2.75, 3.05) is 6.54 Å². The second kappa shape index (κ2) is 6.88. The van der Waals surface area contributed by atoms with Gasteiger partial charge in [-0.1, -0.05) is 37.3 Å². The lowest BCUT2D eigenvalue weighted by atomic mass is 10.1. The minimum Gasteiger partial charge on any atom is -0.338 e. The van der Waals surface area contributed by atoms with Crippen molar-refractivity contribution in [3.05, 3.63) is 35.9 Å². The van der Waals surface area contributed by atoms with Crippen LogP contribution in [0.4, 0.5) is 0 Å². The van der Waals surface area contributed by atoms with Gasteiger partial charge in [-0.05, 0) is 5.56 Å². The van der Waals surface area contributed by atoms with Crippen LogP contribution in [-0.2, 0) is 20.9 Å². The summed E-state index contributed by atoms with van der Waals surface area (Å²) in [7, 11) is 0. The molecule has 1 aromatic carbocycles. The van der Waals surface area contributed by atoms with Gasteiger partial charge in [0.05, 0.1) is 5.92 Å². The fourth-order valence-electron chi connectivity index (χ4n) is 2.23. The van der Waals surface area contributed by atoms with Crippen LogP contribution in [0.3, 0.4) is 0 Å². The molecule has 1 unspecified atom stereocenters. The van der Waals surface area contributed by atoms with Crippen LogP contribution in [0.15, 0.2) is 30.3 Å². The third-order valence-electron chi connectivity index (χ3n) is 3.45. The first kappa shape index (κ1) is 15.0. The minimum atomic E-state index is -0.418. The Morgan fingerprint density at radius 1 is 1.24 bits per heavy atom. The average molecular weight is 289 g/mol. The highest BCUT2D eigenvalue weighted by Gasteiger charge is 2.34. The summed E-state index contributed by atoms with van der Waals surface area (Å²) in [6.45, 7) is 2.58. The molecule has 21 heavy (non-hydrogen) atoms. The quantitative estimate of drug-likeness (QED) is 0.796. The van der Waals surface area contributed by atoms with Crippen molar-refractivity contribution >= 4 is 17.7 Å². The molecule has 0 radical (unpaired) electrons. The molecular weight excluding hydrogens is 270 g/mol. The molecule has 0 spiro atoms. The van der Waals surface area contributed by atoms with E-state index in [-0.39, 0.29) is 24.1 Å². The Kier molecular flexibility index (Phi) is 4.92. The Bertz CT molecular complexity index is 530. The van der Waals surface area contributed by atoms with Crippen LogP contribution in [0, 0.1) is 5.92 Å². The van der Waals surface area contributed by atoms with Crippen LogP contribution >= 0.6 is 0 Å². The van der Waals surface area contributed by atoms with Gasteiger partial charge in [0.15, 0.2) is 0 Å². The van der Waals surface area contributed by atoms with Gasteiger partial charge in [-0.2, -0.15) is 0 Å². The summed E-state index contributed by atoms with van der Waals surface area (Å²) in [4.78, 5) is 36.6. The van der Waals surface area contributed by atoms with Crippen LogP contribution in [0.2, 0.25) is 0 Å². The maximum atomic E-state index is 11.9. The van der Waals surface area contributed by atoms with Crippen molar-refractivity contribution in [1.29, 1.82) is 0 Å². The first-order chi connectivity index (χ1) is 10.1. The summed E-state index contributed by atoms with van der Waals surface area (Å²) >= 11 is 0. The summed E-state index contributed by atoms with van der Waals surface area (Å²) in [5.74, 6) is -1.03. The van der Waals surface area contributed by atoms with Crippen LogP contribution in [0.1, 0.15) is 25.3 Å². The van der Waals surface area contributed by atoms with Gasteiger partial charge in [0.1, 0.15) is 0 Å². The Morgan fingerprint density at radius 2 is 1.95 bits per heavy atom. The zero-order valence-corrected chi connectivity index (χ0v) is 12.0. The first-order valence-electron chi connectivity index (χ1n) is 7.00. The van der Waals surface area contributed by atoms with Crippen molar-refractivity contribution in [2.24, 2.45) is 5.92 Å². The molecular formula is C15H19N3O3. The number of benzene rings is 1. The largest absolute Gasteiger partial charge is 0.338 e. The molecule has 0 aromatic heterocycles. The van der Waals surface area contributed by atoms with Gasteiger partial charge in [0, 0.05) is 25.9 Å². The number of hydrogen-bond donors (Lipinski definition) is 2. The van der Waals surface area contributed by atoms with Crippen molar-refractivity contribution in [2.45, 2.75) is 26.3 Å². The predicted octanol–water partition coefficient (Wildman–Crippen LogP) is 0.593. The van der Waals surface area contributed by atoms with E-state index in [0.717, 1.165) is 5.56 Å². The summed E-state index contributed by atoms with van der Waals surface area (Å²) < 4.78 is 0. The Balaban J connectivity index is 1.87. The number of amides is 3. The highest BCUT2D eigenvalue weighted by molar-refractivity contribution is 5.90. The molecule has 0 bridgehead atoms. The highest BCUT2D eigenvalue weighted by Crippen LogP contribution is 2.20. The molecule has 6 nitrogen and oxygen atoms in total. The third-order valence-corrected chi connectivity index (χ3v) is 3.45. The SMILES string of the molecule is CCC(=O)NNC(=O)C1CC(=O)N(Cc2ccccc2)C1. The summed E-state index contributed by atoms with van der Waals surface area (Å²) in [6, 6.07) is 9.65. The maximum Gasteiger partial charge on any atom is 0.243 e. The lowest BCUT2D eigenvalue weighted by molar-refractivity contribution is -0.131. The lowest BCUT2D eigenvalue weighted by Crippen LogP contribution is -2.44. The Hall–Kier alpha value is -2.37. The molecule has 112 valence electrons. The molecule has 1 aliphatic rings. The molecule has 2 N–H and O–H groups in total. The number of nitrogens with zero attached hydrogens (tertiary/aromatic N) is 1. The topological polar surface area (TPSA) is 78.5 Å². The summed E-state index contributed by atoms with van der Waals surface area (Å²) in [5.41, 5.74) is 5.72. The van der Waals surface area contributed by atoms with E-state index in [4.69, 9.17) is 0 Å². The molecule has 0 saturated carbocycles. The van der Waals surface area contributed by atoms with Crippen LogP contribution < -0.4 is 10.9 Å². The van der Waals surface area contributed by atoms with E-state index < -0.39 is 5.92 Å². The smallest absolute Gasteiger partial charge is 0.243 e. The monoisotopic (exact) mass is 289 g/mol. The molecule has 1 fully saturated rings. The van der Waals surface area contributed by atoms with Crippen molar-refractivity contribution in [3.8, 4) is 0 Å². The van der Waals surface area contributed by atoms with E-state index in [0.29, 0.717) is 19.5 Å². The molecule has 0 aliphatic carbocycles. The number of hydrazine groups is 1. The van der Waals surface area contributed by atoms with Crippen molar-refractivity contribution < 1.29 is 14.4 Å². The number of rotatable bonds is 4. The van der Waals surface area contributed by atoms with E-state index in [1.54, 1.807) is 11.8 Å². The molecule has 1 aromatic rings. The second-order valence-corrected chi connectivity index (χ2v) is 5.05. The number of likely N-dealkylation sites (tertiary alicyclic amines) is 1. The van der Waals surface area contributed by atoms with Gasteiger partial charge in [0.2, 0.25) is 17.7 Å². The highest BCUT2D eigenvalue weighted by atomic mass is 16.2. The van der Waals surface area contributed by atoms with Gasteiger partial charge in [-0.3, -0.25) is 25.2 Å². The fourth-order valence-corrected chi connectivity index (χ4v) is 2.23. The zero-order chi connectivity index (χ0) is 15.2. The molecule has 1 saturated heterocycles. The number of carbonyl (C=O) groups is 3. The normalized spacial score (nSPS) is 17.7. The standard InChI is InChI=1S/C15H19N3O3/c1-2-13(19)16-17-15(21)12-8-14(20)18(10-12)9-11-6-4-3-5-7-11/h3-7,12H,2,8-10H2,1H3,(H,16,19)(H,17,21).